The van der Waals surface area contributed by atoms with Crippen LogP contribution in [0.4, 0.5) is 0 Å². The van der Waals surface area contributed by atoms with Crippen LogP contribution in [0.2, 0.25) is 5.02 Å². The molecule has 0 bridgehead atoms. The van der Waals surface area contributed by atoms with E-state index in [1.165, 1.54) is 5.56 Å². The van der Waals surface area contributed by atoms with Crippen molar-refractivity contribution in [1.29, 1.82) is 0 Å². The van der Waals surface area contributed by atoms with Gasteiger partial charge in [-0.2, -0.15) is 0 Å². The summed E-state index contributed by atoms with van der Waals surface area (Å²) in [7, 11) is 5.86. The average Bonchev–Trinajstić information content (AvgIpc) is 2.45. The number of nitrogens with zero attached hydrogens (tertiary/aromatic N) is 1. The third-order valence-corrected chi connectivity index (χ3v) is 3.62. The number of rotatable bonds is 5. The van der Waals surface area contributed by atoms with Gasteiger partial charge in [-0.25, -0.2) is 0 Å². The zero-order valence-corrected chi connectivity index (χ0v) is 12.9. The van der Waals surface area contributed by atoms with Gasteiger partial charge in [-0.05, 0) is 49.8 Å². The number of hydrogen-bond donors (Lipinski definition) is 0. The highest BCUT2D eigenvalue weighted by Gasteiger charge is 2.08. The van der Waals surface area contributed by atoms with Crippen molar-refractivity contribution in [2.75, 3.05) is 27.7 Å². The molecule has 0 unspecified atom stereocenters. The first-order chi connectivity index (χ1) is 9.61. The van der Waals surface area contributed by atoms with Crippen LogP contribution in [-0.4, -0.2) is 32.6 Å². The second-order valence-electron chi connectivity index (χ2n) is 5.06. The van der Waals surface area contributed by atoms with E-state index < -0.39 is 0 Å². The van der Waals surface area contributed by atoms with Crippen LogP contribution in [0, 0.1) is 0 Å². The molecular weight excluding hydrogens is 270 g/mol. The molecule has 0 aromatic heterocycles. The van der Waals surface area contributed by atoms with E-state index in [4.69, 9.17) is 16.3 Å². The lowest BCUT2D eigenvalue weighted by Crippen LogP contribution is -2.15. The van der Waals surface area contributed by atoms with Gasteiger partial charge < -0.3 is 9.64 Å². The number of ether oxygens (including phenoxy) is 1. The highest BCUT2D eigenvalue weighted by Crippen LogP contribution is 2.31. The summed E-state index contributed by atoms with van der Waals surface area (Å²) in [6.07, 6.45) is 0.953. The van der Waals surface area contributed by atoms with E-state index in [0.29, 0.717) is 0 Å². The fraction of sp³-hybridized carbons (Fsp3) is 0.294. The van der Waals surface area contributed by atoms with Gasteiger partial charge >= 0.3 is 0 Å². The predicted octanol–water partition coefficient (Wildman–Crippen LogP) is 4.12. The Kier molecular flexibility index (Phi) is 5.05. The van der Waals surface area contributed by atoms with Crippen LogP contribution in [-0.2, 0) is 6.42 Å². The van der Waals surface area contributed by atoms with Gasteiger partial charge in [0.05, 0.1) is 7.11 Å². The molecular formula is C17H20ClNO. The van der Waals surface area contributed by atoms with E-state index >= 15 is 0 Å². The molecule has 2 aromatic rings. The molecule has 0 aliphatic rings. The summed E-state index contributed by atoms with van der Waals surface area (Å²) in [5.41, 5.74) is 3.40. The largest absolute Gasteiger partial charge is 0.496 e. The van der Waals surface area contributed by atoms with E-state index in [1.54, 1.807) is 7.11 Å². The zero-order chi connectivity index (χ0) is 14.5. The van der Waals surface area contributed by atoms with Crippen molar-refractivity contribution in [2.24, 2.45) is 0 Å². The van der Waals surface area contributed by atoms with Crippen LogP contribution in [0.25, 0.3) is 11.1 Å². The van der Waals surface area contributed by atoms with Gasteiger partial charge in [0.2, 0.25) is 0 Å². The molecule has 3 heteroatoms. The Morgan fingerprint density at radius 1 is 1.10 bits per heavy atom. The summed E-state index contributed by atoms with van der Waals surface area (Å²) < 4.78 is 5.45. The molecule has 0 aliphatic heterocycles. The second kappa shape index (κ2) is 6.78. The van der Waals surface area contributed by atoms with Crippen molar-refractivity contribution in [1.82, 2.24) is 4.90 Å². The topological polar surface area (TPSA) is 12.5 Å². The Balaban J connectivity index is 2.36. The van der Waals surface area contributed by atoms with Gasteiger partial charge in [-0.15, -0.1) is 0 Å². The maximum atomic E-state index is 6.27. The van der Waals surface area contributed by atoms with Crippen LogP contribution >= 0.6 is 11.6 Å². The van der Waals surface area contributed by atoms with Crippen LogP contribution < -0.4 is 4.74 Å². The van der Waals surface area contributed by atoms with Crippen molar-refractivity contribution >= 4 is 11.6 Å². The first-order valence-electron chi connectivity index (χ1n) is 6.68. The standard InChI is InChI=1S/C17H20ClNO/c1-19(2)11-10-14-12-13(8-9-17(14)20-3)15-6-4-5-7-16(15)18/h4-9,12H,10-11H2,1-3H3. The highest BCUT2D eigenvalue weighted by molar-refractivity contribution is 6.33. The smallest absolute Gasteiger partial charge is 0.122 e. The quantitative estimate of drug-likeness (QED) is 0.821. The lowest BCUT2D eigenvalue weighted by Gasteiger charge is -2.14. The monoisotopic (exact) mass is 289 g/mol. The summed E-state index contributed by atoms with van der Waals surface area (Å²) in [4.78, 5) is 2.17. The van der Waals surface area contributed by atoms with E-state index in [1.807, 2.05) is 30.3 Å². The first-order valence-corrected chi connectivity index (χ1v) is 7.06. The van der Waals surface area contributed by atoms with Crippen LogP contribution in [0.5, 0.6) is 5.75 Å². The van der Waals surface area contributed by atoms with Gasteiger partial charge in [-0.1, -0.05) is 35.9 Å². The number of halogens is 1. The van der Waals surface area contributed by atoms with Gasteiger partial charge in [-0.3, -0.25) is 0 Å². The van der Waals surface area contributed by atoms with Crippen molar-refractivity contribution in [2.45, 2.75) is 6.42 Å². The van der Waals surface area contributed by atoms with Gasteiger partial charge in [0, 0.05) is 17.1 Å². The zero-order valence-electron chi connectivity index (χ0n) is 12.2. The first kappa shape index (κ1) is 14.9. The van der Waals surface area contributed by atoms with E-state index in [0.717, 1.165) is 34.9 Å². The summed E-state index contributed by atoms with van der Waals surface area (Å²) in [5, 5.41) is 0.774. The molecule has 20 heavy (non-hydrogen) atoms. The van der Waals surface area contributed by atoms with Gasteiger partial charge in [0.15, 0.2) is 0 Å². The molecule has 0 heterocycles. The minimum atomic E-state index is 0.774. The lowest BCUT2D eigenvalue weighted by atomic mass is 10.0. The van der Waals surface area contributed by atoms with Crippen LogP contribution in [0.1, 0.15) is 5.56 Å². The molecule has 0 saturated heterocycles. The number of methoxy groups -OCH3 is 1. The normalized spacial score (nSPS) is 10.8. The van der Waals surface area contributed by atoms with Crippen molar-refractivity contribution in [3.05, 3.63) is 53.1 Å². The lowest BCUT2D eigenvalue weighted by molar-refractivity contribution is 0.392. The van der Waals surface area contributed by atoms with Crippen molar-refractivity contribution < 1.29 is 4.74 Å². The van der Waals surface area contributed by atoms with Crippen molar-refractivity contribution in [3.63, 3.8) is 0 Å². The van der Waals surface area contributed by atoms with Gasteiger partial charge in [0.25, 0.3) is 0 Å². The Morgan fingerprint density at radius 2 is 1.85 bits per heavy atom. The third kappa shape index (κ3) is 3.53. The molecule has 106 valence electrons. The second-order valence-corrected chi connectivity index (χ2v) is 5.47. The van der Waals surface area contributed by atoms with Crippen molar-refractivity contribution in [3.8, 4) is 16.9 Å². The molecule has 2 rings (SSSR count). The Bertz CT molecular complexity index is 581. The Labute approximate surface area is 125 Å². The molecule has 0 fully saturated rings. The molecule has 0 amide bonds. The average molecular weight is 290 g/mol. The fourth-order valence-electron chi connectivity index (χ4n) is 2.18. The van der Waals surface area contributed by atoms with Gasteiger partial charge in [0.1, 0.15) is 5.75 Å². The number of hydrogen-bond acceptors (Lipinski definition) is 2. The molecule has 0 aliphatic carbocycles. The number of benzene rings is 2. The molecule has 0 spiro atoms. The number of likely N-dealkylation sites (N-methyl/N-ethyl adjacent to an activating group) is 1. The van der Waals surface area contributed by atoms with E-state index in [2.05, 4.69) is 31.1 Å². The maximum absolute atomic E-state index is 6.27. The Morgan fingerprint density at radius 3 is 2.50 bits per heavy atom. The van der Waals surface area contributed by atoms with E-state index in [9.17, 15) is 0 Å². The predicted molar refractivity (Wildman–Crippen MR) is 85.7 cm³/mol. The summed E-state index contributed by atoms with van der Waals surface area (Å²) in [6, 6.07) is 14.2. The Hall–Kier alpha value is -1.51. The van der Waals surface area contributed by atoms with E-state index in [-0.39, 0.29) is 0 Å². The third-order valence-electron chi connectivity index (χ3n) is 3.29. The van der Waals surface area contributed by atoms with Crippen LogP contribution in [0.15, 0.2) is 42.5 Å². The maximum Gasteiger partial charge on any atom is 0.122 e. The fourth-order valence-corrected chi connectivity index (χ4v) is 2.43. The summed E-state index contributed by atoms with van der Waals surface area (Å²) in [5.74, 6) is 0.933. The SMILES string of the molecule is COc1ccc(-c2ccccc2Cl)cc1CCN(C)C. The molecule has 2 aromatic carbocycles. The molecule has 0 atom stereocenters. The summed E-state index contributed by atoms with van der Waals surface area (Å²) >= 11 is 6.27. The minimum absolute atomic E-state index is 0.774. The molecule has 0 saturated carbocycles. The molecule has 2 nitrogen and oxygen atoms in total. The highest BCUT2D eigenvalue weighted by atomic mass is 35.5. The molecule has 0 radical (unpaired) electrons. The molecule has 0 N–H and O–H groups in total. The summed E-state index contributed by atoms with van der Waals surface area (Å²) in [6.45, 7) is 0.988. The van der Waals surface area contributed by atoms with Crippen LogP contribution in [0.3, 0.4) is 0 Å². The minimum Gasteiger partial charge on any atom is -0.496 e.